The average Bonchev–Trinajstić information content (AvgIpc) is 2.47. The minimum Gasteiger partial charge on any atom is -0.490 e. The molecule has 0 amide bonds. The molecule has 0 fully saturated rings. The van der Waals surface area contributed by atoms with E-state index in [0.29, 0.717) is 11.5 Å². The lowest BCUT2D eigenvalue weighted by Gasteiger charge is -2.09. The van der Waals surface area contributed by atoms with Gasteiger partial charge in [0.15, 0.2) is 0 Å². The first-order valence-corrected chi connectivity index (χ1v) is 6.38. The second-order valence-corrected chi connectivity index (χ2v) is 4.37. The van der Waals surface area contributed by atoms with Crippen LogP contribution in [0.5, 0.6) is 17.2 Å². The second kappa shape index (κ2) is 6.71. The Kier molecular flexibility index (Phi) is 4.73. The largest absolute Gasteiger partial charge is 0.490 e. The number of hydrogen-bond donors (Lipinski definition) is 1. The molecule has 0 unspecified atom stereocenters. The molecule has 0 heterocycles. The van der Waals surface area contributed by atoms with Crippen LogP contribution in [-0.2, 0) is 6.54 Å². The van der Waals surface area contributed by atoms with Crippen molar-refractivity contribution < 1.29 is 14.4 Å². The van der Waals surface area contributed by atoms with Gasteiger partial charge in [-0.2, -0.15) is 0 Å². The van der Waals surface area contributed by atoms with E-state index in [4.69, 9.17) is 9.47 Å². The summed E-state index contributed by atoms with van der Waals surface area (Å²) in [5, 5.41) is 13.9. The molecule has 0 atom stereocenters. The van der Waals surface area contributed by atoms with Crippen molar-refractivity contribution in [3.05, 3.63) is 58.1 Å². The molecule has 0 spiro atoms. The first-order chi connectivity index (χ1) is 10.1. The molecule has 2 aromatic rings. The molecule has 0 bridgehead atoms. The molecule has 6 nitrogen and oxygen atoms in total. The van der Waals surface area contributed by atoms with Gasteiger partial charge in [-0.3, -0.25) is 10.1 Å². The van der Waals surface area contributed by atoms with Crippen LogP contribution in [0.4, 0.5) is 5.69 Å². The fourth-order valence-electron chi connectivity index (χ4n) is 1.93. The fraction of sp³-hybridized carbons (Fsp3) is 0.200. The molecule has 21 heavy (non-hydrogen) atoms. The van der Waals surface area contributed by atoms with Crippen LogP contribution >= 0.6 is 0 Å². The topological polar surface area (TPSA) is 73.6 Å². The number of methoxy groups -OCH3 is 1. The van der Waals surface area contributed by atoms with E-state index in [2.05, 4.69) is 5.32 Å². The van der Waals surface area contributed by atoms with Crippen molar-refractivity contribution in [2.24, 2.45) is 0 Å². The zero-order valence-electron chi connectivity index (χ0n) is 11.8. The monoisotopic (exact) mass is 288 g/mol. The standard InChI is InChI=1S/C15H16N2O4/c1-16-10-11-4-3-5-12(8-11)21-13-6-7-14(17(18)19)15(9-13)20-2/h3-9,16H,10H2,1-2H3. The van der Waals surface area contributed by atoms with Gasteiger partial charge in [-0.05, 0) is 30.8 Å². The third-order valence-corrected chi connectivity index (χ3v) is 2.86. The predicted molar refractivity (Wildman–Crippen MR) is 78.9 cm³/mol. The van der Waals surface area contributed by atoms with Crippen LogP contribution in [-0.4, -0.2) is 19.1 Å². The number of nitro benzene ring substituents is 1. The van der Waals surface area contributed by atoms with Crippen molar-refractivity contribution >= 4 is 5.69 Å². The Hall–Kier alpha value is -2.60. The molecule has 0 aliphatic heterocycles. The van der Waals surface area contributed by atoms with Gasteiger partial charge in [0.25, 0.3) is 0 Å². The minimum absolute atomic E-state index is 0.0891. The van der Waals surface area contributed by atoms with E-state index < -0.39 is 4.92 Å². The smallest absolute Gasteiger partial charge is 0.311 e. The van der Waals surface area contributed by atoms with Crippen LogP contribution in [0, 0.1) is 10.1 Å². The first kappa shape index (κ1) is 14.8. The third kappa shape index (κ3) is 3.70. The van der Waals surface area contributed by atoms with Crippen LogP contribution in [0.25, 0.3) is 0 Å². The number of ether oxygens (including phenoxy) is 2. The molecular weight excluding hydrogens is 272 g/mol. The maximum absolute atomic E-state index is 10.8. The lowest BCUT2D eigenvalue weighted by Crippen LogP contribution is -2.04. The van der Waals surface area contributed by atoms with Gasteiger partial charge in [0, 0.05) is 18.7 Å². The average molecular weight is 288 g/mol. The van der Waals surface area contributed by atoms with E-state index in [0.717, 1.165) is 12.1 Å². The highest BCUT2D eigenvalue weighted by Gasteiger charge is 2.15. The SMILES string of the molecule is CNCc1cccc(Oc2ccc([N+](=O)[O-])c(OC)c2)c1. The highest BCUT2D eigenvalue weighted by molar-refractivity contribution is 5.51. The van der Waals surface area contributed by atoms with Crippen LogP contribution in [0.15, 0.2) is 42.5 Å². The van der Waals surface area contributed by atoms with Crippen molar-refractivity contribution in [2.75, 3.05) is 14.2 Å². The molecular formula is C15H16N2O4. The van der Waals surface area contributed by atoms with Gasteiger partial charge in [-0.15, -0.1) is 0 Å². The van der Waals surface area contributed by atoms with E-state index >= 15 is 0 Å². The molecule has 0 saturated carbocycles. The Labute approximate surface area is 122 Å². The normalized spacial score (nSPS) is 10.2. The molecule has 6 heteroatoms. The van der Waals surface area contributed by atoms with Gasteiger partial charge >= 0.3 is 5.69 Å². The molecule has 2 rings (SSSR count). The maximum atomic E-state index is 10.8. The molecule has 110 valence electrons. The summed E-state index contributed by atoms with van der Waals surface area (Å²) in [6.45, 7) is 0.737. The van der Waals surface area contributed by atoms with Gasteiger partial charge < -0.3 is 14.8 Å². The molecule has 0 radical (unpaired) electrons. The van der Waals surface area contributed by atoms with E-state index in [1.54, 1.807) is 6.07 Å². The summed E-state index contributed by atoms with van der Waals surface area (Å²) in [7, 11) is 3.26. The van der Waals surface area contributed by atoms with Crippen LogP contribution < -0.4 is 14.8 Å². The lowest BCUT2D eigenvalue weighted by atomic mass is 10.2. The first-order valence-electron chi connectivity index (χ1n) is 6.38. The summed E-state index contributed by atoms with van der Waals surface area (Å²) >= 11 is 0. The zero-order valence-corrected chi connectivity index (χ0v) is 11.8. The van der Waals surface area contributed by atoms with Crippen LogP contribution in [0.3, 0.4) is 0 Å². The summed E-state index contributed by atoms with van der Waals surface area (Å²) in [4.78, 5) is 10.4. The number of benzene rings is 2. The van der Waals surface area contributed by atoms with Crippen molar-refractivity contribution in [1.29, 1.82) is 0 Å². The number of hydrogen-bond acceptors (Lipinski definition) is 5. The van der Waals surface area contributed by atoms with Gasteiger partial charge in [-0.1, -0.05) is 12.1 Å². The Morgan fingerprint density at radius 2 is 1.95 bits per heavy atom. The van der Waals surface area contributed by atoms with E-state index in [9.17, 15) is 10.1 Å². The van der Waals surface area contributed by atoms with E-state index in [1.165, 1.54) is 19.2 Å². The van der Waals surface area contributed by atoms with Crippen LogP contribution in [0.2, 0.25) is 0 Å². The van der Waals surface area contributed by atoms with Crippen molar-refractivity contribution in [1.82, 2.24) is 5.32 Å². The van der Waals surface area contributed by atoms with Crippen molar-refractivity contribution in [3.8, 4) is 17.2 Å². The quantitative estimate of drug-likeness (QED) is 0.653. The number of nitrogens with zero attached hydrogens (tertiary/aromatic N) is 1. The number of nitrogens with one attached hydrogen (secondary N) is 1. The Morgan fingerprint density at radius 1 is 1.19 bits per heavy atom. The number of nitro groups is 1. The Balaban J connectivity index is 2.23. The second-order valence-electron chi connectivity index (χ2n) is 4.37. The Morgan fingerprint density at radius 3 is 2.62 bits per heavy atom. The van der Waals surface area contributed by atoms with Crippen LogP contribution in [0.1, 0.15) is 5.56 Å². The summed E-state index contributed by atoms with van der Waals surface area (Å²) in [5.74, 6) is 1.32. The molecule has 2 aromatic carbocycles. The fourth-order valence-corrected chi connectivity index (χ4v) is 1.93. The highest BCUT2D eigenvalue weighted by Crippen LogP contribution is 2.33. The molecule has 0 aliphatic carbocycles. The van der Waals surface area contributed by atoms with Gasteiger partial charge in [0.1, 0.15) is 11.5 Å². The number of rotatable bonds is 6. The molecule has 1 N–H and O–H groups in total. The van der Waals surface area contributed by atoms with Crippen molar-refractivity contribution in [2.45, 2.75) is 6.54 Å². The van der Waals surface area contributed by atoms with E-state index in [-0.39, 0.29) is 11.4 Å². The highest BCUT2D eigenvalue weighted by atomic mass is 16.6. The summed E-state index contributed by atoms with van der Waals surface area (Å²) in [6.07, 6.45) is 0. The third-order valence-electron chi connectivity index (χ3n) is 2.86. The van der Waals surface area contributed by atoms with Gasteiger partial charge in [0.05, 0.1) is 12.0 Å². The molecule has 0 aliphatic rings. The summed E-state index contributed by atoms with van der Waals surface area (Å²) < 4.78 is 10.7. The molecule has 0 aromatic heterocycles. The van der Waals surface area contributed by atoms with Crippen molar-refractivity contribution in [3.63, 3.8) is 0 Å². The van der Waals surface area contributed by atoms with E-state index in [1.807, 2.05) is 31.3 Å². The predicted octanol–water partition coefficient (Wildman–Crippen LogP) is 3.12. The maximum Gasteiger partial charge on any atom is 0.311 e. The minimum atomic E-state index is -0.490. The van der Waals surface area contributed by atoms with Gasteiger partial charge in [-0.25, -0.2) is 0 Å². The zero-order chi connectivity index (χ0) is 15.2. The van der Waals surface area contributed by atoms with Gasteiger partial charge in [0.2, 0.25) is 5.75 Å². The lowest BCUT2D eigenvalue weighted by molar-refractivity contribution is -0.385. The summed E-state index contributed by atoms with van der Waals surface area (Å²) in [6, 6.07) is 12.0. The Bertz CT molecular complexity index is 643. The molecule has 0 saturated heterocycles. The summed E-state index contributed by atoms with van der Waals surface area (Å²) in [5.41, 5.74) is 0.998.